The summed E-state index contributed by atoms with van der Waals surface area (Å²) in [5.74, 6) is 4.94. The van der Waals surface area contributed by atoms with Gasteiger partial charge in [0.15, 0.2) is 0 Å². The zero-order valence-electron chi connectivity index (χ0n) is 8.51. The number of nitrogens with one attached hydrogen (secondary N) is 1. The molecule has 1 N–H and O–H groups in total. The number of halogens is 1. The molecule has 0 aliphatic rings. The first-order valence-electron chi connectivity index (χ1n) is 4.74. The summed E-state index contributed by atoms with van der Waals surface area (Å²) in [4.78, 5) is 10.8. The van der Waals surface area contributed by atoms with E-state index < -0.39 is 0 Å². The second-order valence-electron chi connectivity index (χ2n) is 2.91. The van der Waals surface area contributed by atoms with Crippen LogP contribution in [0.4, 0.5) is 4.39 Å². The smallest absolute Gasteiger partial charge is 0.220 e. The highest BCUT2D eigenvalue weighted by Gasteiger charge is 1.95. The van der Waals surface area contributed by atoms with Crippen LogP contribution in [0.25, 0.3) is 0 Å². The first kappa shape index (κ1) is 11.3. The molecule has 0 spiro atoms. The molecule has 0 fully saturated rings. The van der Waals surface area contributed by atoms with Gasteiger partial charge in [-0.2, -0.15) is 0 Å². The van der Waals surface area contributed by atoms with E-state index in [0.717, 1.165) is 0 Å². The van der Waals surface area contributed by atoms with Gasteiger partial charge in [0, 0.05) is 6.42 Å². The van der Waals surface area contributed by atoms with Gasteiger partial charge in [-0.15, -0.1) is 0 Å². The van der Waals surface area contributed by atoms with Gasteiger partial charge in [0.1, 0.15) is 5.82 Å². The van der Waals surface area contributed by atoms with Crippen molar-refractivity contribution >= 4 is 5.91 Å². The number of carbonyl (C=O) groups excluding carboxylic acids is 1. The van der Waals surface area contributed by atoms with Crippen molar-refractivity contribution in [2.45, 2.75) is 13.3 Å². The SMILES string of the molecule is CCC(=O)NCC#Cc1ccccc1F. The standard InChI is InChI=1S/C12H12FNO/c1-2-12(15)14-9-5-7-10-6-3-4-8-11(10)13/h3-4,6,8H,2,9H2,1H3,(H,14,15). The molecule has 1 aromatic rings. The molecule has 0 heterocycles. The largest absolute Gasteiger partial charge is 0.345 e. The number of carbonyl (C=O) groups is 1. The molecule has 0 bridgehead atoms. The van der Waals surface area contributed by atoms with E-state index in [2.05, 4.69) is 17.2 Å². The van der Waals surface area contributed by atoms with E-state index in [-0.39, 0.29) is 18.3 Å². The zero-order chi connectivity index (χ0) is 11.1. The predicted molar refractivity (Wildman–Crippen MR) is 56.6 cm³/mol. The average Bonchev–Trinajstić information content (AvgIpc) is 2.26. The number of amides is 1. The van der Waals surface area contributed by atoms with Gasteiger partial charge in [-0.1, -0.05) is 30.9 Å². The maximum Gasteiger partial charge on any atom is 0.220 e. The van der Waals surface area contributed by atoms with Crippen LogP contribution in [-0.2, 0) is 4.79 Å². The number of hydrogen-bond donors (Lipinski definition) is 1. The van der Waals surface area contributed by atoms with Gasteiger partial charge in [-0.25, -0.2) is 4.39 Å². The summed E-state index contributed by atoms with van der Waals surface area (Å²) in [7, 11) is 0. The van der Waals surface area contributed by atoms with Crippen LogP contribution in [0.15, 0.2) is 24.3 Å². The second-order valence-corrected chi connectivity index (χ2v) is 2.91. The first-order chi connectivity index (χ1) is 7.24. The van der Waals surface area contributed by atoms with Gasteiger partial charge in [-0.05, 0) is 12.1 Å². The summed E-state index contributed by atoms with van der Waals surface area (Å²) in [5.41, 5.74) is 0.350. The molecule has 0 unspecified atom stereocenters. The summed E-state index contributed by atoms with van der Waals surface area (Å²) < 4.78 is 13.1. The van der Waals surface area contributed by atoms with E-state index in [1.54, 1.807) is 25.1 Å². The van der Waals surface area contributed by atoms with Gasteiger partial charge in [-0.3, -0.25) is 4.79 Å². The van der Waals surface area contributed by atoms with Crippen LogP contribution in [0, 0.1) is 17.7 Å². The third kappa shape index (κ3) is 3.82. The Morgan fingerprint density at radius 2 is 2.20 bits per heavy atom. The fourth-order valence-corrected chi connectivity index (χ4v) is 0.970. The van der Waals surface area contributed by atoms with E-state index in [9.17, 15) is 9.18 Å². The van der Waals surface area contributed by atoms with Crippen LogP contribution in [0.2, 0.25) is 0 Å². The van der Waals surface area contributed by atoms with E-state index in [1.807, 2.05) is 0 Å². The summed E-state index contributed by atoms with van der Waals surface area (Å²) >= 11 is 0. The highest BCUT2D eigenvalue weighted by atomic mass is 19.1. The molecule has 0 atom stereocenters. The Morgan fingerprint density at radius 3 is 2.87 bits per heavy atom. The molecule has 0 radical (unpaired) electrons. The third-order valence-corrected chi connectivity index (χ3v) is 1.79. The van der Waals surface area contributed by atoms with Crippen LogP contribution in [0.1, 0.15) is 18.9 Å². The van der Waals surface area contributed by atoms with Crippen molar-refractivity contribution in [2.24, 2.45) is 0 Å². The quantitative estimate of drug-likeness (QED) is 0.731. The molecule has 78 valence electrons. The molecular formula is C12H12FNO. The minimum atomic E-state index is -0.341. The Balaban J connectivity index is 2.52. The lowest BCUT2D eigenvalue weighted by molar-refractivity contribution is -0.120. The Bertz CT molecular complexity index is 404. The lowest BCUT2D eigenvalue weighted by Gasteiger charge is -1.95. The monoisotopic (exact) mass is 205 g/mol. The molecule has 3 heteroatoms. The van der Waals surface area contributed by atoms with Crippen molar-refractivity contribution < 1.29 is 9.18 Å². The van der Waals surface area contributed by atoms with Crippen LogP contribution >= 0.6 is 0 Å². The summed E-state index contributed by atoms with van der Waals surface area (Å²) in [6.07, 6.45) is 0.432. The molecular weight excluding hydrogens is 193 g/mol. The molecule has 0 aliphatic heterocycles. The maximum atomic E-state index is 13.1. The predicted octanol–water partition coefficient (Wildman–Crippen LogP) is 1.70. The van der Waals surface area contributed by atoms with Crippen molar-refractivity contribution in [3.8, 4) is 11.8 Å². The second kappa shape index (κ2) is 5.82. The maximum absolute atomic E-state index is 13.1. The van der Waals surface area contributed by atoms with E-state index in [0.29, 0.717) is 12.0 Å². The lowest BCUT2D eigenvalue weighted by Crippen LogP contribution is -2.22. The van der Waals surface area contributed by atoms with Crippen LogP contribution in [0.5, 0.6) is 0 Å². The van der Waals surface area contributed by atoms with E-state index >= 15 is 0 Å². The zero-order valence-corrected chi connectivity index (χ0v) is 8.51. The number of benzene rings is 1. The highest BCUT2D eigenvalue weighted by molar-refractivity contribution is 5.75. The fraction of sp³-hybridized carbons (Fsp3) is 0.250. The molecule has 0 saturated carbocycles. The molecule has 2 nitrogen and oxygen atoms in total. The number of rotatable bonds is 2. The molecule has 1 rings (SSSR count). The van der Waals surface area contributed by atoms with Crippen molar-refractivity contribution in [3.05, 3.63) is 35.6 Å². The Labute approximate surface area is 88.5 Å². The van der Waals surface area contributed by atoms with E-state index in [1.165, 1.54) is 6.07 Å². The van der Waals surface area contributed by atoms with Crippen molar-refractivity contribution in [1.29, 1.82) is 0 Å². The third-order valence-electron chi connectivity index (χ3n) is 1.79. The normalized spacial score (nSPS) is 8.93. The van der Waals surface area contributed by atoms with E-state index in [4.69, 9.17) is 0 Å². The van der Waals surface area contributed by atoms with Crippen LogP contribution in [-0.4, -0.2) is 12.5 Å². The van der Waals surface area contributed by atoms with Crippen LogP contribution in [0.3, 0.4) is 0 Å². The molecule has 15 heavy (non-hydrogen) atoms. The molecule has 1 aromatic carbocycles. The van der Waals surface area contributed by atoms with Gasteiger partial charge < -0.3 is 5.32 Å². The molecule has 1 amide bonds. The van der Waals surface area contributed by atoms with Gasteiger partial charge in [0.2, 0.25) is 5.91 Å². The van der Waals surface area contributed by atoms with Crippen LogP contribution < -0.4 is 5.32 Å². The van der Waals surface area contributed by atoms with Gasteiger partial charge in [0.25, 0.3) is 0 Å². The number of hydrogen-bond acceptors (Lipinski definition) is 1. The molecule has 0 saturated heterocycles. The van der Waals surface area contributed by atoms with Crippen molar-refractivity contribution in [3.63, 3.8) is 0 Å². The summed E-state index contributed by atoms with van der Waals surface area (Å²) in [6, 6.07) is 6.29. The minimum absolute atomic E-state index is 0.0576. The molecule has 0 aliphatic carbocycles. The summed E-state index contributed by atoms with van der Waals surface area (Å²) in [6.45, 7) is 2.01. The average molecular weight is 205 g/mol. The highest BCUT2D eigenvalue weighted by Crippen LogP contribution is 2.03. The summed E-state index contributed by atoms with van der Waals surface area (Å²) in [5, 5.41) is 2.59. The minimum Gasteiger partial charge on any atom is -0.345 e. The fourth-order valence-electron chi connectivity index (χ4n) is 0.970. The van der Waals surface area contributed by atoms with Crippen molar-refractivity contribution in [2.75, 3.05) is 6.54 Å². The van der Waals surface area contributed by atoms with Gasteiger partial charge in [0.05, 0.1) is 12.1 Å². The Hall–Kier alpha value is -1.82. The Morgan fingerprint density at radius 1 is 1.47 bits per heavy atom. The van der Waals surface area contributed by atoms with Gasteiger partial charge >= 0.3 is 0 Å². The van der Waals surface area contributed by atoms with Crippen molar-refractivity contribution in [1.82, 2.24) is 5.32 Å². The Kier molecular flexibility index (Phi) is 4.36. The first-order valence-corrected chi connectivity index (χ1v) is 4.74. The lowest BCUT2D eigenvalue weighted by atomic mass is 10.2. The topological polar surface area (TPSA) is 29.1 Å². The molecule has 0 aromatic heterocycles.